The van der Waals surface area contributed by atoms with Crippen molar-refractivity contribution in [3.8, 4) is 0 Å². The van der Waals surface area contributed by atoms with Crippen molar-refractivity contribution in [2.24, 2.45) is 0 Å². The van der Waals surface area contributed by atoms with Crippen LogP contribution in [0.15, 0.2) is 23.1 Å². The van der Waals surface area contributed by atoms with Crippen LogP contribution >= 0.6 is 11.3 Å². The van der Waals surface area contributed by atoms with Crippen molar-refractivity contribution < 1.29 is 0 Å². The summed E-state index contributed by atoms with van der Waals surface area (Å²) in [6.45, 7) is 11.2. The maximum atomic E-state index is 3.72. The number of nitrogens with one attached hydrogen (secondary N) is 1. The SMILES string of the molecule is CC(C)=CCN1CCC(NCc2sccc2C)CC1. The molecule has 1 N–H and O–H groups in total. The molecule has 1 aliphatic rings. The van der Waals surface area contributed by atoms with Gasteiger partial charge in [0.1, 0.15) is 0 Å². The molecule has 0 unspecified atom stereocenters. The Morgan fingerprint density at radius 2 is 2.16 bits per heavy atom. The highest BCUT2D eigenvalue weighted by molar-refractivity contribution is 7.10. The molecule has 0 aliphatic carbocycles. The largest absolute Gasteiger partial charge is 0.309 e. The van der Waals surface area contributed by atoms with Gasteiger partial charge in [-0.3, -0.25) is 4.90 Å². The average molecular weight is 278 g/mol. The number of nitrogens with zero attached hydrogens (tertiary/aromatic N) is 1. The Labute approximate surface area is 121 Å². The summed E-state index contributed by atoms with van der Waals surface area (Å²) >= 11 is 1.87. The third kappa shape index (κ3) is 4.75. The standard InChI is InChI=1S/C16H26N2S/c1-13(2)4-8-18-9-5-15(6-10-18)17-12-16-14(3)7-11-19-16/h4,7,11,15,17H,5-6,8-10,12H2,1-3H3. The molecular weight excluding hydrogens is 252 g/mol. The van der Waals surface area contributed by atoms with Crippen LogP contribution in [0.25, 0.3) is 0 Å². The van der Waals surface area contributed by atoms with Crippen molar-refractivity contribution in [2.75, 3.05) is 19.6 Å². The maximum absolute atomic E-state index is 3.72. The molecule has 2 heterocycles. The van der Waals surface area contributed by atoms with Crippen LogP contribution in [0.2, 0.25) is 0 Å². The average Bonchev–Trinajstić information content (AvgIpc) is 2.81. The lowest BCUT2D eigenvalue weighted by molar-refractivity contribution is 0.214. The number of thiophene rings is 1. The van der Waals surface area contributed by atoms with E-state index in [-0.39, 0.29) is 0 Å². The Morgan fingerprint density at radius 1 is 1.42 bits per heavy atom. The first-order valence-electron chi connectivity index (χ1n) is 7.27. The van der Waals surface area contributed by atoms with Crippen LogP contribution in [0.4, 0.5) is 0 Å². The number of allylic oxidation sites excluding steroid dienone is 1. The highest BCUT2D eigenvalue weighted by Crippen LogP contribution is 2.17. The summed E-state index contributed by atoms with van der Waals surface area (Å²) in [5.74, 6) is 0. The molecule has 0 atom stereocenters. The Morgan fingerprint density at radius 3 is 2.74 bits per heavy atom. The predicted molar refractivity (Wildman–Crippen MR) is 84.8 cm³/mol. The van der Waals surface area contributed by atoms with Crippen molar-refractivity contribution >= 4 is 11.3 Å². The van der Waals surface area contributed by atoms with Gasteiger partial charge in [-0.25, -0.2) is 0 Å². The molecule has 0 bridgehead atoms. The summed E-state index contributed by atoms with van der Waals surface area (Å²) in [4.78, 5) is 4.05. The van der Waals surface area contributed by atoms with Gasteiger partial charge in [0, 0.05) is 24.0 Å². The molecule has 1 saturated heterocycles. The summed E-state index contributed by atoms with van der Waals surface area (Å²) < 4.78 is 0. The quantitative estimate of drug-likeness (QED) is 0.828. The molecule has 0 aromatic carbocycles. The van der Waals surface area contributed by atoms with Gasteiger partial charge in [-0.1, -0.05) is 11.6 Å². The normalized spacial score (nSPS) is 17.6. The number of likely N-dealkylation sites (tertiary alicyclic amines) is 1. The van der Waals surface area contributed by atoms with Gasteiger partial charge in [-0.15, -0.1) is 11.3 Å². The molecule has 1 aromatic rings. The molecule has 0 spiro atoms. The van der Waals surface area contributed by atoms with Gasteiger partial charge in [-0.05, 0) is 63.7 Å². The fourth-order valence-corrected chi connectivity index (χ4v) is 3.31. The van der Waals surface area contributed by atoms with Gasteiger partial charge in [0.2, 0.25) is 0 Å². The predicted octanol–water partition coefficient (Wildman–Crippen LogP) is 3.58. The van der Waals surface area contributed by atoms with Crippen molar-refractivity contribution in [1.29, 1.82) is 0 Å². The number of hydrogen-bond acceptors (Lipinski definition) is 3. The minimum atomic E-state index is 0.699. The molecule has 1 fully saturated rings. The van der Waals surface area contributed by atoms with Gasteiger partial charge in [0.15, 0.2) is 0 Å². The van der Waals surface area contributed by atoms with E-state index < -0.39 is 0 Å². The molecule has 1 aliphatic heterocycles. The summed E-state index contributed by atoms with van der Waals surface area (Å²) in [6, 6.07) is 2.91. The van der Waals surface area contributed by atoms with Crippen LogP contribution in [-0.2, 0) is 6.54 Å². The summed E-state index contributed by atoms with van der Waals surface area (Å²) in [5, 5.41) is 5.91. The first kappa shape index (κ1) is 14.8. The lowest BCUT2D eigenvalue weighted by atomic mass is 10.0. The van der Waals surface area contributed by atoms with E-state index in [2.05, 4.69) is 48.5 Å². The van der Waals surface area contributed by atoms with Crippen LogP contribution in [0.3, 0.4) is 0 Å². The van der Waals surface area contributed by atoms with Crippen LogP contribution in [-0.4, -0.2) is 30.6 Å². The van der Waals surface area contributed by atoms with Crippen molar-refractivity contribution in [3.05, 3.63) is 33.5 Å². The third-order valence-electron chi connectivity index (χ3n) is 3.86. The lowest BCUT2D eigenvalue weighted by Crippen LogP contribution is -2.42. The molecule has 3 heteroatoms. The second-order valence-electron chi connectivity index (χ2n) is 5.76. The van der Waals surface area contributed by atoms with E-state index in [4.69, 9.17) is 0 Å². The number of hydrogen-bond donors (Lipinski definition) is 1. The molecule has 2 rings (SSSR count). The summed E-state index contributed by atoms with van der Waals surface area (Å²) in [6.07, 6.45) is 4.89. The lowest BCUT2D eigenvalue weighted by Gasteiger charge is -2.31. The maximum Gasteiger partial charge on any atom is 0.0304 e. The smallest absolute Gasteiger partial charge is 0.0304 e. The minimum absolute atomic E-state index is 0.699. The van der Waals surface area contributed by atoms with E-state index in [0.29, 0.717) is 6.04 Å². The van der Waals surface area contributed by atoms with Crippen molar-refractivity contribution in [3.63, 3.8) is 0 Å². The zero-order valence-electron chi connectivity index (χ0n) is 12.4. The van der Waals surface area contributed by atoms with Crippen LogP contribution in [0.5, 0.6) is 0 Å². The van der Waals surface area contributed by atoms with E-state index in [1.165, 1.54) is 41.9 Å². The number of piperidine rings is 1. The van der Waals surface area contributed by atoms with Crippen molar-refractivity contribution in [2.45, 2.75) is 46.2 Å². The van der Waals surface area contributed by atoms with Gasteiger partial charge >= 0.3 is 0 Å². The van der Waals surface area contributed by atoms with E-state index in [1.54, 1.807) is 0 Å². The molecule has 0 radical (unpaired) electrons. The molecule has 19 heavy (non-hydrogen) atoms. The van der Waals surface area contributed by atoms with Gasteiger partial charge in [0.25, 0.3) is 0 Å². The fourth-order valence-electron chi connectivity index (χ4n) is 2.45. The minimum Gasteiger partial charge on any atom is -0.309 e. The monoisotopic (exact) mass is 278 g/mol. The number of rotatable bonds is 5. The zero-order chi connectivity index (χ0) is 13.7. The van der Waals surface area contributed by atoms with Gasteiger partial charge in [-0.2, -0.15) is 0 Å². The molecule has 106 valence electrons. The van der Waals surface area contributed by atoms with E-state index >= 15 is 0 Å². The first-order valence-corrected chi connectivity index (χ1v) is 8.15. The molecule has 0 amide bonds. The van der Waals surface area contributed by atoms with E-state index in [1.807, 2.05) is 11.3 Å². The van der Waals surface area contributed by atoms with Crippen LogP contribution < -0.4 is 5.32 Å². The number of aryl methyl sites for hydroxylation is 1. The molecular formula is C16H26N2S. The summed E-state index contributed by atoms with van der Waals surface area (Å²) in [7, 11) is 0. The zero-order valence-corrected chi connectivity index (χ0v) is 13.2. The second-order valence-corrected chi connectivity index (χ2v) is 6.76. The Balaban J connectivity index is 1.69. The van der Waals surface area contributed by atoms with Crippen LogP contribution in [0, 0.1) is 6.92 Å². The second kappa shape index (κ2) is 7.22. The van der Waals surface area contributed by atoms with E-state index in [0.717, 1.165) is 13.1 Å². The Bertz CT molecular complexity index is 410. The molecule has 0 saturated carbocycles. The highest BCUT2D eigenvalue weighted by Gasteiger charge is 2.18. The van der Waals surface area contributed by atoms with Crippen LogP contribution in [0.1, 0.15) is 37.1 Å². The van der Waals surface area contributed by atoms with Gasteiger partial charge < -0.3 is 5.32 Å². The highest BCUT2D eigenvalue weighted by atomic mass is 32.1. The third-order valence-corrected chi connectivity index (χ3v) is 4.89. The Kier molecular flexibility index (Phi) is 5.61. The topological polar surface area (TPSA) is 15.3 Å². The van der Waals surface area contributed by atoms with Gasteiger partial charge in [0.05, 0.1) is 0 Å². The van der Waals surface area contributed by atoms with E-state index in [9.17, 15) is 0 Å². The molecule has 2 nitrogen and oxygen atoms in total. The first-order chi connectivity index (χ1) is 9.15. The summed E-state index contributed by atoms with van der Waals surface area (Å²) in [5.41, 5.74) is 2.85. The fraction of sp³-hybridized carbons (Fsp3) is 0.625. The Hall–Kier alpha value is -0.640. The van der Waals surface area contributed by atoms with Crippen molar-refractivity contribution in [1.82, 2.24) is 10.2 Å². The molecule has 1 aromatic heterocycles.